The van der Waals surface area contributed by atoms with Gasteiger partial charge in [0.15, 0.2) is 0 Å². The molecule has 1 N–H and O–H groups in total. The van der Waals surface area contributed by atoms with Crippen LogP contribution in [0.5, 0.6) is 0 Å². The molecule has 0 spiro atoms. The molecule has 0 aromatic heterocycles. The van der Waals surface area contributed by atoms with Gasteiger partial charge in [0.1, 0.15) is 0 Å². The van der Waals surface area contributed by atoms with Gasteiger partial charge in [0, 0.05) is 12.1 Å². The minimum Gasteiger partial charge on any atom is -0.465 e. The molecule has 1 aliphatic heterocycles. The van der Waals surface area contributed by atoms with E-state index in [1.54, 1.807) is 26.8 Å². The van der Waals surface area contributed by atoms with Crippen LogP contribution in [-0.2, 0) is 0 Å². The lowest BCUT2D eigenvalue weighted by Crippen LogP contribution is -2.45. The van der Waals surface area contributed by atoms with E-state index < -0.39 is 22.5 Å². The first kappa shape index (κ1) is 15.9. The van der Waals surface area contributed by atoms with E-state index in [2.05, 4.69) is 0 Å². The maximum atomic E-state index is 13.9. The molecule has 1 aromatic carbocycles. The molecule has 0 bridgehead atoms. The van der Waals surface area contributed by atoms with E-state index in [0.717, 1.165) is 11.6 Å². The molecule has 2 rings (SSSR count). The number of carboxylic acid groups (broad SMARTS) is 1. The Bertz CT molecular complexity index is 672. The lowest BCUT2D eigenvalue weighted by molar-refractivity contribution is -0.387. The Morgan fingerprint density at radius 2 is 2.09 bits per heavy atom. The molecule has 0 saturated heterocycles. The Labute approximate surface area is 127 Å². The van der Waals surface area contributed by atoms with Crippen molar-refractivity contribution in [1.82, 2.24) is 4.90 Å². The van der Waals surface area contributed by atoms with Crippen molar-refractivity contribution < 1.29 is 19.2 Å². The van der Waals surface area contributed by atoms with Crippen LogP contribution in [0.3, 0.4) is 0 Å². The van der Waals surface area contributed by atoms with Crippen LogP contribution >= 0.6 is 0 Å². The van der Waals surface area contributed by atoms with Gasteiger partial charge in [0.05, 0.1) is 11.0 Å². The SMILES string of the molecule is Cc1cc([N+](=O)[O-])c(F)cc1C1=C[C@@H](C)N(C(=O)O)[C@@H](C)C1. The summed E-state index contributed by atoms with van der Waals surface area (Å²) < 4.78 is 13.9. The summed E-state index contributed by atoms with van der Waals surface area (Å²) in [5.41, 5.74) is 1.45. The zero-order chi connectivity index (χ0) is 16.6. The number of hydrogen-bond donors (Lipinski definition) is 1. The molecule has 0 aliphatic carbocycles. The Balaban J connectivity index is 2.45. The van der Waals surface area contributed by atoms with E-state index in [4.69, 9.17) is 0 Å². The minimum atomic E-state index is -0.998. The third-order valence-electron chi connectivity index (χ3n) is 3.93. The number of nitro benzene ring substituents is 1. The second-order valence-electron chi connectivity index (χ2n) is 5.55. The van der Waals surface area contributed by atoms with Gasteiger partial charge in [0.2, 0.25) is 5.82 Å². The van der Waals surface area contributed by atoms with Crippen molar-refractivity contribution in [2.24, 2.45) is 0 Å². The number of rotatable bonds is 2. The van der Waals surface area contributed by atoms with Crippen molar-refractivity contribution in [3.8, 4) is 0 Å². The number of hydrogen-bond acceptors (Lipinski definition) is 3. The van der Waals surface area contributed by atoms with Crippen LogP contribution in [-0.4, -0.2) is 33.1 Å². The van der Waals surface area contributed by atoms with E-state index >= 15 is 0 Å². The zero-order valence-corrected chi connectivity index (χ0v) is 12.5. The van der Waals surface area contributed by atoms with Gasteiger partial charge in [-0.1, -0.05) is 6.08 Å². The standard InChI is InChI=1S/C15H17FN2O4/c1-8-4-14(18(21)22)13(16)7-12(8)11-5-9(2)17(15(19)20)10(3)6-11/h4-5,7,9-10H,6H2,1-3H3,(H,19,20)/t9-,10+/m1/s1. The van der Waals surface area contributed by atoms with E-state index in [1.165, 1.54) is 11.0 Å². The number of halogens is 1. The van der Waals surface area contributed by atoms with Crippen molar-refractivity contribution in [3.05, 3.63) is 45.3 Å². The van der Waals surface area contributed by atoms with Crippen LogP contribution in [0, 0.1) is 22.9 Å². The first-order chi connectivity index (χ1) is 10.2. The molecule has 1 aliphatic rings. The number of nitrogens with zero attached hydrogens (tertiary/aromatic N) is 2. The summed E-state index contributed by atoms with van der Waals surface area (Å²) in [4.78, 5) is 22.6. The summed E-state index contributed by atoms with van der Waals surface area (Å²) in [7, 11) is 0. The Hall–Kier alpha value is -2.44. The van der Waals surface area contributed by atoms with Crippen LogP contribution in [0.1, 0.15) is 31.4 Å². The third kappa shape index (κ3) is 2.79. The predicted molar refractivity (Wildman–Crippen MR) is 79.2 cm³/mol. The van der Waals surface area contributed by atoms with Gasteiger partial charge in [-0.25, -0.2) is 4.79 Å². The molecular formula is C15H17FN2O4. The number of carbonyl (C=O) groups is 1. The van der Waals surface area contributed by atoms with Crippen molar-refractivity contribution in [1.29, 1.82) is 0 Å². The fourth-order valence-corrected chi connectivity index (χ4v) is 2.97. The molecular weight excluding hydrogens is 291 g/mol. The van der Waals surface area contributed by atoms with Gasteiger partial charge >= 0.3 is 11.8 Å². The molecule has 22 heavy (non-hydrogen) atoms. The van der Waals surface area contributed by atoms with Crippen LogP contribution in [0.15, 0.2) is 18.2 Å². The molecule has 6 nitrogen and oxygen atoms in total. The molecule has 118 valence electrons. The smallest absolute Gasteiger partial charge is 0.408 e. The second kappa shape index (κ2) is 5.75. The van der Waals surface area contributed by atoms with Gasteiger partial charge in [0.25, 0.3) is 0 Å². The van der Waals surface area contributed by atoms with E-state index in [9.17, 15) is 24.4 Å². The maximum Gasteiger partial charge on any atom is 0.408 e. The molecule has 0 saturated carbocycles. The highest BCUT2D eigenvalue weighted by Crippen LogP contribution is 2.33. The first-order valence-corrected chi connectivity index (χ1v) is 6.89. The summed E-state index contributed by atoms with van der Waals surface area (Å²) in [5.74, 6) is -0.882. The van der Waals surface area contributed by atoms with Crippen molar-refractivity contribution >= 4 is 17.4 Å². The van der Waals surface area contributed by atoms with Gasteiger partial charge in [-0.3, -0.25) is 15.0 Å². The molecule has 0 unspecified atom stereocenters. The Morgan fingerprint density at radius 1 is 1.45 bits per heavy atom. The zero-order valence-electron chi connectivity index (χ0n) is 12.5. The number of benzene rings is 1. The van der Waals surface area contributed by atoms with Crippen molar-refractivity contribution in [2.75, 3.05) is 0 Å². The van der Waals surface area contributed by atoms with E-state index in [0.29, 0.717) is 17.5 Å². The Morgan fingerprint density at radius 3 is 2.59 bits per heavy atom. The lowest BCUT2D eigenvalue weighted by Gasteiger charge is -2.36. The molecule has 0 fully saturated rings. The highest BCUT2D eigenvalue weighted by molar-refractivity contribution is 5.74. The van der Waals surface area contributed by atoms with E-state index in [-0.39, 0.29) is 12.1 Å². The number of amides is 1. The monoisotopic (exact) mass is 308 g/mol. The molecule has 2 atom stereocenters. The van der Waals surface area contributed by atoms with Gasteiger partial charge in [-0.05, 0) is 50.0 Å². The minimum absolute atomic E-state index is 0.245. The van der Waals surface area contributed by atoms with Gasteiger partial charge in [-0.2, -0.15) is 4.39 Å². The Kier molecular flexibility index (Phi) is 4.16. The average Bonchev–Trinajstić information content (AvgIpc) is 2.39. The van der Waals surface area contributed by atoms with Crippen LogP contribution in [0.2, 0.25) is 0 Å². The number of nitro groups is 1. The molecule has 1 heterocycles. The topological polar surface area (TPSA) is 83.7 Å². The van der Waals surface area contributed by atoms with Crippen LogP contribution < -0.4 is 0 Å². The summed E-state index contributed by atoms with van der Waals surface area (Å²) in [6, 6.07) is 1.79. The first-order valence-electron chi connectivity index (χ1n) is 6.89. The van der Waals surface area contributed by atoms with Gasteiger partial charge < -0.3 is 5.11 Å². The van der Waals surface area contributed by atoms with Crippen LogP contribution in [0.4, 0.5) is 14.9 Å². The summed E-state index contributed by atoms with van der Waals surface area (Å²) in [6.45, 7) is 5.22. The van der Waals surface area contributed by atoms with Crippen LogP contribution in [0.25, 0.3) is 5.57 Å². The maximum absolute atomic E-state index is 13.9. The summed E-state index contributed by atoms with van der Waals surface area (Å²) in [6.07, 6.45) is 1.21. The summed E-state index contributed by atoms with van der Waals surface area (Å²) >= 11 is 0. The second-order valence-corrected chi connectivity index (χ2v) is 5.55. The van der Waals surface area contributed by atoms with Crippen molar-refractivity contribution in [3.63, 3.8) is 0 Å². The van der Waals surface area contributed by atoms with Crippen molar-refractivity contribution in [2.45, 2.75) is 39.3 Å². The molecule has 0 radical (unpaired) electrons. The average molecular weight is 308 g/mol. The molecule has 7 heteroatoms. The normalized spacial score (nSPS) is 21.5. The fraction of sp³-hybridized carbons (Fsp3) is 0.400. The predicted octanol–water partition coefficient (Wildman–Crippen LogP) is 3.59. The fourth-order valence-electron chi connectivity index (χ4n) is 2.97. The lowest BCUT2D eigenvalue weighted by atomic mass is 9.89. The van der Waals surface area contributed by atoms with Gasteiger partial charge in [-0.15, -0.1) is 0 Å². The quantitative estimate of drug-likeness (QED) is 0.668. The third-order valence-corrected chi connectivity index (χ3v) is 3.93. The largest absolute Gasteiger partial charge is 0.465 e. The number of aryl methyl sites for hydroxylation is 1. The molecule has 1 amide bonds. The van der Waals surface area contributed by atoms with E-state index in [1.807, 2.05) is 0 Å². The molecule has 1 aromatic rings. The highest BCUT2D eigenvalue weighted by Gasteiger charge is 2.30. The highest BCUT2D eigenvalue weighted by atomic mass is 19.1. The summed E-state index contributed by atoms with van der Waals surface area (Å²) in [5, 5.41) is 20.0.